The number of fused-ring (bicyclic) bond motifs is 4. The van der Waals surface area contributed by atoms with Crippen molar-refractivity contribution in [3.8, 4) is 0 Å². The molecule has 110 valence electrons. The van der Waals surface area contributed by atoms with E-state index in [1.807, 2.05) is 24.3 Å². The zero-order chi connectivity index (χ0) is 14.6. The molecule has 4 rings (SSSR count). The Bertz CT molecular complexity index is 630. The number of hydrogen-bond donors (Lipinski definition) is 1. The van der Waals surface area contributed by atoms with Gasteiger partial charge in [-0.1, -0.05) is 18.2 Å². The lowest BCUT2D eigenvalue weighted by Gasteiger charge is -2.32. The van der Waals surface area contributed by atoms with Gasteiger partial charge >= 0.3 is 5.97 Å². The Hall–Kier alpha value is -1.88. The molecular formula is C16H18N2O3. The molecule has 0 radical (unpaired) electrons. The minimum Gasteiger partial charge on any atom is -0.469 e. The van der Waals surface area contributed by atoms with Crippen LogP contribution in [0.2, 0.25) is 0 Å². The van der Waals surface area contributed by atoms with Crippen molar-refractivity contribution in [2.75, 3.05) is 19.0 Å². The summed E-state index contributed by atoms with van der Waals surface area (Å²) >= 11 is 0. The van der Waals surface area contributed by atoms with Crippen LogP contribution in [0.5, 0.6) is 0 Å². The Morgan fingerprint density at radius 1 is 1.43 bits per heavy atom. The molecule has 3 aliphatic rings. The van der Waals surface area contributed by atoms with Gasteiger partial charge in [0.1, 0.15) is 5.54 Å². The third-order valence-electron chi connectivity index (χ3n) is 5.27. The highest BCUT2D eigenvalue weighted by Gasteiger charge is 2.62. The number of methoxy groups -OCH3 is 1. The van der Waals surface area contributed by atoms with Crippen LogP contribution in [-0.4, -0.2) is 36.5 Å². The van der Waals surface area contributed by atoms with Crippen LogP contribution in [0.4, 0.5) is 5.69 Å². The van der Waals surface area contributed by atoms with Crippen molar-refractivity contribution >= 4 is 17.6 Å². The Kier molecular flexibility index (Phi) is 2.63. The Morgan fingerprint density at radius 2 is 2.24 bits per heavy atom. The summed E-state index contributed by atoms with van der Waals surface area (Å²) in [5.41, 5.74) is 1.20. The maximum absolute atomic E-state index is 12.7. The van der Waals surface area contributed by atoms with Gasteiger partial charge in [0.25, 0.3) is 0 Å². The Balaban J connectivity index is 1.84. The maximum Gasteiger partial charge on any atom is 0.310 e. The monoisotopic (exact) mass is 286 g/mol. The van der Waals surface area contributed by atoms with Crippen LogP contribution in [0.3, 0.4) is 0 Å². The van der Waals surface area contributed by atoms with E-state index < -0.39 is 5.54 Å². The van der Waals surface area contributed by atoms with Gasteiger partial charge in [0.05, 0.1) is 13.0 Å². The first kappa shape index (κ1) is 12.8. The zero-order valence-corrected chi connectivity index (χ0v) is 12.0. The molecule has 3 heterocycles. The molecule has 21 heavy (non-hydrogen) atoms. The van der Waals surface area contributed by atoms with Crippen LogP contribution in [0.1, 0.15) is 24.8 Å². The molecule has 0 unspecified atom stereocenters. The first-order valence-corrected chi connectivity index (χ1v) is 7.44. The summed E-state index contributed by atoms with van der Waals surface area (Å²) in [6.45, 7) is 0.861. The summed E-state index contributed by atoms with van der Waals surface area (Å²) in [6, 6.07) is 7.93. The van der Waals surface area contributed by atoms with Crippen molar-refractivity contribution in [2.45, 2.75) is 30.8 Å². The topological polar surface area (TPSA) is 58.6 Å². The van der Waals surface area contributed by atoms with E-state index in [-0.39, 0.29) is 23.8 Å². The molecule has 3 aliphatic heterocycles. The van der Waals surface area contributed by atoms with Gasteiger partial charge in [-0.15, -0.1) is 0 Å². The second-order valence-electron chi connectivity index (χ2n) is 6.10. The van der Waals surface area contributed by atoms with E-state index in [1.165, 1.54) is 7.11 Å². The number of nitrogens with one attached hydrogen (secondary N) is 1. The molecule has 1 spiro atoms. The number of nitrogens with zero attached hydrogens (tertiary/aromatic N) is 1. The average molecular weight is 286 g/mol. The minimum absolute atomic E-state index is 0.00185. The molecule has 0 aliphatic carbocycles. The molecule has 0 saturated carbocycles. The van der Waals surface area contributed by atoms with Crippen molar-refractivity contribution in [1.29, 1.82) is 0 Å². The first-order chi connectivity index (χ1) is 10.2. The van der Waals surface area contributed by atoms with E-state index in [9.17, 15) is 9.59 Å². The molecule has 3 atom stereocenters. The molecule has 1 aromatic rings. The van der Waals surface area contributed by atoms with Crippen molar-refractivity contribution in [2.24, 2.45) is 5.92 Å². The molecule has 1 aromatic carbocycles. The predicted molar refractivity (Wildman–Crippen MR) is 76.6 cm³/mol. The van der Waals surface area contributed by atoms with Crippen LogP contribution in [0, 0.1) is 5.92 Å². The largest absolute Gasteiger partial charge is 0.469 e. The number of rotatable bonds is 1. The van der Waals surface area contributed by atoms with Crippen LogP contribution in [0.25, 0.3) is 0 Å². The smallest absolute Gasteiger partial charge is 0.310 e. The van der Waals surface area contributed by atoms with Crippen LogP contribution in [-0.2, 0) is 19.9 Å². The second kappa shape index (κ2) is 4.31. The van der Waals surface area contributed by atoms with E-state index in [1.54, 1.807) is 0 Å². The van der Waals surface area contributed by atoms with Crippen molar-refractivity contribution in [1.82, 2.24) is 4.90 Å². The van der Waals surface area contributed by atoms with Crippen molar-refractivity contribution in [3.05, 3.63) is 29.8 Å². The van der Waals surface area contributed by atoms with Crippen LogP contribution in [0.15, 0.2) is 24.3 Å². The average Bonchev–Trinajstić information content (AvgIpc) is 3.15. The summed E-state index contributed by atoms with van der Waals surface area (Å²) in [7, 11) is 1.43. The van der Waals surface area contributed by atoms with Gasteiger partial charge in [0, 0.05) is 17.3 Å². The molecule has 2 saturated heterocycles. The molecule has 0 bridgehead atoms. The molecule has 2 fully saturated rings. The number of anilines is 1. The summed E-state index contributed by atoms with van der Waals surface area (Å²) in [5.74, 6) is -0.405. The van der Waals surface area contributed by atoms with Gasteiger partial charge in [-0.3, -0.25) is 14.5 Å². The fourth-order valence-electron chi connectivity index (χ4n) is 4.44. The number of benzene rings is 1. The third-order valence-corrected chi connectivity index (χ3v) is 5.27. The van der Waals surface area contributed by atoms with Crippen molar-refractivity contribution < 1.29 is 14.3 Å². The molecular weight excluding hydrogens is 268 g/mol. The number of para-hydroxylation sites is 1. The lowest BCUT2D eigenvalue weighted by molar-refractivity contribution is -0.146. The molecule has 1 amide bonds. The zero-order valence-electron chi connectivity index (χ0n) is 12.0. The van der Waals surface area contributed by atoms with E-state index >= 15 is 0 Å². The summed E-state index contributed by atoms with van der Waals surface area (Å²) in [6.07, 6.45) is 2.50. The van der Waals surface area contributed by atoms with Crippen LogP contribution >= 0.6 is 0 Å². The predicted octanol–water partition coefficient (Wildman–Crippen LogP) is 1.49. The highest BCUT2D eigenvalue weighted by atomic mass is 16.5. The number of ether oxygens (including phenoxy) is 1. The lowest BCUT2D eigenvalue weighted by Crippen LogP contribution is -2.47. The number of esters is 1. The second-order valence-corrected chi connectivity index (χ2v) is 6.10. The van der Waals surface area contributed by atoms with Gasteiger partial charge in [0.2, 0.25) is 5.91 Å². The summed E-state index contributed by atoms with van der Waals surface area (Å²) < 4.78 is 4.97. The number of carbonyl (C=O) groups excluding carboxylic acids is 2. The number of hydrogen-bond acceptors (Lipinski definition) is 4. The van der Waals surface area contributed by atoms with Gasteiger partial charge in [-0.05, 0) is 31.9 Å². The molecule has 0 aromatic heterocycles. The van der Waals surface area contributed by atoms with E-state index in [4.69, 9.17) is 4.74 Å². The molecule has 5 heteroatoms. The normalized spacial score (nSPS) is 33.9. The number of amides is 1. The lowest BCUT2D eigenvalue weighted by atomic mass is 9.84. The third kappa shape index (κ3) is 1.50. The van der Waals surface area contributed by atoms with E-state index in [0.29, 0.717) is 6.42 Å². The quantitative estimate of drug-likeness (QED) is 0.795. The van der Waals surface area contributed by atoms with E-state index in [0.717, 1.165) is 30.6 Å². The highest BCUT2D eigenvalue weighted by molar-refractivity contribution is 6.06. The Labute approximate surface area is 123 Å². The van der Waals surface area contributed by atoms with Gasteiger partial charge in [0.15, 0.2) is 0 Å². The van der Waals surface area contributed by atoms with Crippen LogP contribution < -0.4 is 5.32 Å². The SMILES string of the molecule is COC(=O)[C@@H]1C[C@]2(C(=O)Nc3ccccc32)N2CCC[C@H]12. The van der Waals surface area contributed by atoms with E-state index in [2.05, 4.69) is 10.2 Å². The van der Waals surface area contributed by atoms with Gasteiger partial charge < -0.3 is 10.1 Å². The maximum atomic E-state index is 12.7. The first-order valence-electron chi connectivity index (χ1n) is 7.44. The Morgan fingerprint density at radius 3 is 3.05 bits per heavy atom. The van der Waals surface area contributed by atoms with Crippen molar-refractivity contribution in [3.63, 3.8) is 0 Å². The standard InChI is InChI=1S/C16H18N2O3/c1-21-14(19)10-9-16(18-8-4-7-13(10)18)11-5-2-3-6-12(11)17-15(16)20/h2-3,5-6,10,13H,4,7-9H2,1H3,(H,17,20)/t10-,13-,16+/m1/s1. The van der Waals surface area contributed by atoms with Gasteiger partial charge in [-0.2, -0.15) is 0 Å². The molecule has 1 N–H and O–H groups in total. The fourth-order valence-corrected chi connectivity index (χ4v) is 4.44. The summed E-state index contributed by atoms with van der Waals surface area (Å²) in [4.78, 5) is 27.1. The fraction of sp³-hybridized carbons (Fsp3) is 0.500. The highest BCUT2D eigenvalue weighted by Crippen LogP contribution is 2.54. The number of carbonyl (C=O) groups is 2. The molecule has 5 nitrogen and oxygen atoms in total. The van der Waals surface area contributed by atoms with Gasteiger partial charge in [-0.25, -0.2) is 0 Å². The summed E-state index contributed by atoms with van der Waals surface area (Å²) in [5, 5.41) is 2.99. The minimum atomic E-state index is -0.684.